The van der Waals surface area contributed by atoms with Gasteiger partial charge >= 0.3 is 0 Å². The van der Waals surface area contributed by atoms with E-state index in [0.717, 1.165) is 40.8 Å². The van der Waals surface area contributed by atoms with Gasteiger partial charge in [-0.05, 0) is 49.8 Å². The van der Waals surface area contributed by atoms with Crippen LogP contribution in [0.2, 0.25) is 0 Å². The van der Waals surface area contributed by atoms with Crippen LogP contribution in [0.15, 0.2) is 29.1 Å². The van der Waals surface area contributed by atoms with Gasteiger partial charge in [0.15, 0.2) is 0 Å². The van der Waals surface area contributed by atoms with Gasteiger partial charge in [-0.25, -0.2) is 4.98 Å². The minimum Gasteiger partial charge on any atom is -0.491 e. The smallest absolute Gasteiger partial charge is 0.259 e. The summed E-state index contributed by atoms with van der Waals surface area (Å²) >= 11 is 1.65. The Bertz CT molecular complexity index is 1110. The molecule has 0 unspecified atom stereocenters. The summed E-state index contributed by atoms with van der Waals surface area (Å²) in [5.41, 5.74) is 2.17. The van der Waals surface area contributed by atoms with Gasteiger partial charge < -0.3 is 19.6 Å². The molecule has 1 aliphatic carbocycles. The number of thiophene rings is 1. The molecule has 4 rings (SSSR count). The van der Waals surface area contributed by atoms with Crippen LogP contribution >= 0.6 is 11.3 Å². The second kappa shape index (κ2) is 10.6. The molecule has 7 nitrogen and oxygen atoms in total. The Morgan fingerprint density at radius 1 is 1.28 bits per heavy atom. The van der Waals surface area contributed by atoms with Crippen LogP contribution in [0.1, 0.15) is 34.7 Å². The summed E-state index contributed by atoms with van der Waals surface area (Å²) in [5.74, 6) is 1.39. The van der Waals surface area contributed by atoms with Crippen LogP contribution < -0.4 is 10.3 Å². The van der Waals surface area contributed by atoms with Gasteiger partial charge in [0.2, 0.25) is 0 Å². The van der Waals surface area contributed by atoms with E-state index < -0.39 is 6.10 Å². The monoisotopic (exact) mass is 457 g/mol. The molecule has 0 fully saturated rings. The van der Waals surface area contributed by atoms with Crippen molar-refractivity contribution in [2.24, 2.45) is 0 Å². The van der Waals surface area contributed by atoms with Crippen molar-refractivity contribution in [2.75, 3.05) is 33.4 Å². The van der Waals surface area contributed by atoms with Crippen LogP contribution in [0.25, 0.3) is 10.2 Å². The Morgan fingerprint density at radius 3 is 2.91 bits per heavy atom. The van der Waals surface area contributed by atoms with E-state index in [1.165, 1.54) is 16.9 Å². The fraction of sp³-hybridized carbons (Fsp3) is 0.500. The molecule has 0 saturated heterocycles. The molecule has 1 aromatic carbocycles. The number of aromatic amines is 1. The number of aryl methyl sites for hydroxylation is 3. The number of hydrogen-bond donors (Lipinski definition) is 2. The Morgan fingerprint density at radius 2 is 2.09 bits per heavy atom. The fourth-order valence-electron chi connectivity index (χ4n) is 4.21. The quantitative estimate of drug-likeness (QED) is 0.487. The second-order valence-electron chi connectivity index (χ2n) is 8.36. The predicted molar refractivity (Wildman–Crippen MR) is 127 cm³/mol. The number of nitrogens with zero attached hydrogens (tertiary/aromatic N) is 2. The Balaban J connectivity index is 1.45. The highest BCUT2D eigenvalue weighted by Gasteiger charge is 2.21. The number of benzene rings is 1. The molecule has 8 heteroatoms. The zero-order valence-electron chi connectivity index (χ0n) is 18.7. The Hall–Kier alpha value is -2.26. The molecule has 172 valence electrons. The topological polar surface area (TPSA) is 87.7 Å². The minimum absolute atomic E-state index is 0.0560. The molecule has 2 N–H and O–H groups in total. The van der Waals surface area contributed by atoms with Crippen molar-refractivity contribution in [3.63, 3.8) is 0 Å². The first-order chi connectivity index (χ1) is 15.5. The summed E-state index contributed by atoms with van der Waals surface area (Å²) in [6.07, 6.45) is 3.63. The largest absolute Gasteiger partial charge is 0.491 e. The Labute approximate surface area is 192 Å². The highest BCUT2D eigenvalue weighted by Crippen LogP contribution is 2.33. The summed E-state index contributed by atoms with van der Waals surface area (Å²) < 4.78 is 11.0. The van der Waals surface area contributed by atoms with Crippen LogP contribution in [-0.4, -0.2) is 59.5 Å². The summed E-state index contributed by atoms with van der Waals surface area (Å²) in [6.45, 7) is 4.12. The van der Waals surface area contributed by atoms with Gasteiger partial charge in [0.25, 0.3) is 5.56 Å². The van der Waals surface area contributed by atoms with Crippen molar-refractivity contribution in [1.82, 2.24) is 14.9 Å². The molecule has 1 aliphatic rings. The molecule has 0 bridgehead atoms. The second-order valence-corrected chi connectivity index (χ2v) is 9.45. The van der Waals surface area contributed by atoms with E-state index in [9.17, 15) is 9.90 Å². The lowest BCUT2D eigenvalue weighted by Crippen LogP contribution is -2.38. The number of aromatic nitrogens is 2. The fourth-order valence-corrected chi connectivity index (χ4v) is 5.49. The lowest BCUT2D eigenvalue weighted by atomic mass is 9.97. The van der Waals surface area contributed by atoms with Gasteiger partial charge in [-0.1, -0.05) is 18.2 Å². The van der Waals surface area contributed by atoms with Gasteiger partial charge in [-0.15, -0.1) is 11.3 Å². The van der Waals surface area contributed by atoms with Crippen LogP contribution in [0, 0.1) is 6.92 Å². The van der Waals surface area contributed by atoms with Crippen LogP contribution in [0.5, 0.6) is 5.75 Å². The van der Waals surface area contributed by atoms with Gasteiger partial charge in [0.1, 0.15) is 29.1 Å². The standard InChI is InChI=1S/C24H31N3O4S/c1-16-7-3-5-9-19(16)31-15-17(28)13-27(11-12-30-2)14-21-25-23(29)22-18-8-4-6-10-20(18)32-24(22)26-21/h3,5,7,9,17,28H,4,6,8,10-15H2,1-2H3,(H,25,26,29)/t17-/m0/s1. The molecule has 32 heavy (non-hydrogen) atoms. The normalized spacial score (nSPS) is 14.6. The SMILES string of the molecule is COCCN(Cc1nc2sc3c(c2c(=O)[nH]1)CCCC3)C[C@H](O)COc1ccccc1C. The average molecular weight is 458 g/mol. The summed E-state index contributed by atoms with van der Waals surface area (Å²) in [7, 11) is 1.65. The lowest BCUT2D eigenvalue weighted by molar-refractivity contribution is 0.0531. The van der Waals surface area contributed by atoms with Crippen molar-refractivity contribution < 1.29 is 14.6 Å². The number of nitrogens with one attached hydrogen (secondary N) is 1. The number of ether oxygens (including phenoxy) is 2. The predicted octanol–water partition coefficient (Wildman–Crippen LogP) is 3.06. The summed E-state index contributed by atoms with van der Waals surface area (Å²) in [6, 6.07) is 7.75. The molecule has 2 aromatic heterocycles. The van der Waals surface area contributed by atoms with Crippen molar-refractivity contribution in [3.8, 4) is 5.75 Å². The van der Waals surface area contributed by atoms with E-state index in [0.29, 0.717) is 32.1 Å². The van der Waals surface area contributed by atoms with Crippen molar-refractivity contribution in [2.45, 2.75) is 45.3 Å². The first-order valence-electron chi connectivity index (χ1n) is 11.2. The van der Waals surface area contributed by atoms with E-state index in [4.69, 9.17) is 14.5 Å². The van der Waals surface area contributed by atoms with Crippen LogP contribution in [-0.2, 0) is 24.1 Å². The van der Waals surface area contributed by atoms with Crippen LogP contribution in [0.3, 0.4) is 0 Å². The van der Waals surface area contributed by atoms with Crippen molar-refractivity contribution in [1.29, 1.82) is 0 Å². The number of rotatable bonds is 10. The number of methoxy groups -OCH3 is 1. The molecular formula is C24H31N3O4S. The highest BCUT2D eigenvalue weighted by molar-refractivity contribution is 7.18. The molecule has 2 heterocycles. The van der Waals surface area contributed by atoms with Crippen molar-refractivity contribution in [3.05, 3.63) is 56.4 Å². The number of para-hydroxylation sites is 1. The van der Waals surface area contributed by atoms with E-state index in [2.05, 4.69) is 4.98 Å². The van der Waals surface area contributed by atoms with E-state index in [1.807, 2.05) is 36.1 Å². The maximum Gasteiger partial charge on any atom is 0.259 e. The van der Waals surface area contributed by atoms with Gasteiger partial charge in [0.05, 0.1) is 18.5 Å². The van der Waals surface area contributed by atoms with E-state index in [-0.39, 0.29) is 12.2 Å². The van der Waals surface area contributed by atoms with E-state index >= 15 is 0 Å². The minimum atomic E-state index is -0.684. The molecular weight excluding hydrogens is 426 g/mol. The third kappa shape index (κ3) is 5.38. The number of hydrogen-bond acceptors (Lipinski definition) is 7. The summed E-state index contributed by atoms with van der Waals surface area (Å²) in [4.78, 5) is 24.8. The number of aliphatic hydroxyl groups excluding tert-OH is 1. The third-order valence-electron chi connectivity index (χ3n) is 5.85. The van der Waals surface area contributed by atoms with Gasteiger partial charge in [-0.2, -0.15) is 0 Å². The average Bonchev–Trinajstić information content (AvgIpc) is 3.15. The molecule has 3 aromatic rings. The molecule has 0 radical (unpaired) electrons. The summed E-state index contributed by atoms with van der Waals surface area (Å²) in [5, 5.41) is 11.4. The third-order valence-corrected chi connectivity index (χ3v) is 7.04. The molecule has 0 saturated carbocycles. The zero-order chi connectivity index (χ0) is 22.5. The molecule has 1 atom stereocenters. The molecule has 0 aliphatic heterocycles. The number of H-pyrrole nitrogens is 1. The Kier molecular flexibility index (Phi) is 7.57. The molecule has 0 amide bonds. The number of fused-ring (bicyclic) bond motifs is 3. The lowest BCUT2D eigenvalue weighted by Gasteiger charge is -2.24. The first-order valence-corrected chi connectivity index (χ1v) is 12.0. The maximum atomic E-state index is 12.8. The van der Waals surface area contributed by atoms with Gasteiger partial charge in [-0.3, -0.25) is 9.69 Å². The maximum absolute atomic E-state index is 12.8. The van der Waals surface area contributed by atoms with Gasteiger partial charge in [0, 0.05) is 25.1 Å². The highest BCUT2D eigenvalue weighted by atomic mass is 32.1. The van der Waals surface area contributed by atoms with E-state index in [1.54, 1.807) is 18.4 Å². The van der Waals surface area contributed by atoms with Crippen LogP contribution in [0.4, 0.5) is 0 Å². The number of aliphatic hydroxyl groups is 1. The van der Waals surface area contributed by atoms with Crippen molar-refractivity contribution >= 4 is 21.6 Å². The zero-order valence-corrected chi connectivity index (χ0v) is 19.5. The molecule has 0 spiro atoms. The first kappa shape index (κ1) is 22.9.